The van der Waals surface area contributed by atoms with E-state index < -0.39 is 0 Å². The molecule has 1 amide bonds. The third-order valence-electron chi connectivity index (χ3n) is 4.91. The van der Waals surface area contributed by atoms with Gasteiger partial charge in [-0.3, -0.25) is 9.69 Å². The summed E-state index contributed by atoms with van der Waals surface area (Å²) in [5.74, 6) is 0.0885. The zero-order valence-electron chi connectivity index (χ0n) is 15.4. The van der Waals surface area contributed by atoms with E-state index >= 15 is 0 Å². The molecule has 0 atom stereocenters. The van der Waals surface area contributed by atoms with Crippen LogP contribution in [0.15, 0.2) is 54.6 Å². The smallest absolute Gasteiger partial charge is 0.254 e. The molecule has 0 aromatic heterocycles. The summed E-state index contributed by atoms with van der Waals surface area (Å²) < 4.78 is 0. The van der Waals surface area contributed by atoms with E-state index in [1.807, 2.05) is 35.2 Å². The molecule has 1 fully saturated rings. The number of nitrogens with two attached hydrogens (primary N) is 1. The van der Waals surface area contributed by atoms with Crippen molar-refractivity contribution in [3.05, 3.63) is 71.3 Å². The summed E-state index contributed by atoms with van der Waals surface area (Å²) in [5.41, 5.74) is 8.82. The SMILES string of the molecule is NCCCN(Cc1ccccc1)C(=O)c1cccc(CN2CCCC2)c1. The van der Waals surface area contributed by atoms with Crippen LogP contribution in [0.25, 0.3) is 0 Å². The zero-order chi connectivity index (χ0) is 18.2. The predicted octanol–water partition coefficient (Wildman–Crippen LogP) is 3.27. The van der Waals surface area contributed by atoms with Crippen LogP contribution in [0.2, 0.25) is 0 Å². The van der Waals surface area contributed by atoms with Crippen LogP contribution in [-0.4, -0.2) is 41.9 Å². The maximum atomic E-state index is 13.1. The van der Waals surface area contributed by atoms with Crippen molar-refractivity contribution in [2.45, 2.75) is 32.4 Å². The van der Waals surface area contributed by atoms with E-state index in [0.717, 1.165) is 37.2 Å². The van der Waals surface area contributed by atoms with Crippen LogP contribution in [0.3, 0.4) is 0 Å². The van der Waals surface area contributed by atoms with Gasteiger partial charge in [-0.1, -0.05) is 42.5 Å². The van der Waals surface area contributed by atoms with Gasteiger partial charge in [-0.05, 0) is 62.2 Å². The molecular weight excluding hydrogens is 322 g/mol. The summed E-state index contributed by atoms with van der Waals surface area (Å²) in [6.07, 6.45) is 3.37. The van der Waals surface area contributed by atoms with E-state index in [9.17, 15) is 4.79 Å². The Kier molecular flexibility index (Phi) is 6.81. The van der Waals surface area contributed by atoms with Gasteiger partial charge >= 0.3 is 0 Å². The summed E-state index contributed by atoms with van der Waals surface area (Å²) in [6, 6.07) is 18.3. The van der Waals surface area contributed by atoms with Gasteiger partial charge in [-0.15, -0.1) is 0 Å². The zero-order valence-corrected chi connectivity index (χ0v) is 15.4. The van der Waals surface area contributed by atoms with E-state index in [1.54, 1.807) is 0 Å². The lowest BCUT2D eigenvalue weighted by molar-refractivity contribution is 0.0742. The first kappa shape index (κ1) is 18.6. The third-order valence-corrected chi connectivity index (χ3v) is 4.91. The Hall–Kier alpha value is -2.17. The molecule has 26 heavy (non-hydrogen) atoms. The molecule has 4 nitrogen and oxygen atoms in total. The van der Waals surface area contributed by atoms with E-state index in [4.69, 9.17) is 5.73 Å². The summed E-state index contributed by atoms with van der Waals surface area (Å²) in [6.45, 7) is 5.15. The van der Waals surface area contributed by atoms with Gasteiger partial charge in [-0.2, -0.15) is 0 Å². The molecule has 1 aliphatic heterocycles. The molecule has 1 saturated heterocycles. The summed E-state index contributed by atoms with van der Waals surface area (Å²) in [5, 5.41) is 0. The Morgan fingerprint density at radius 1 is 1.00 bits per heavy atom. The standard InChI is InChI=1S/C22H29N3O/c23-12-7-15-25(18-19-8-2-1-3-9-19)22(26)21-11-6-10-20(16-21)17-24-13-4-5-14-24/h1-3,6,8-11,16H,4-5,7,12-15,17-18,23H2. The second-order valence-electron chi connectivity index (χ2n) is 7.04. The number of likely N-dealkylation sites (tertiary alicyclic amines) is 1. The van der Waals surface area contributed by atoms with Crippen molar-refractivity contribution in [2.75, 3.05) is 26.2 Å². The Balaban J connectivity index is 1.72. The van der Waals surface area contributed by atoms with Gasteiger partial charge in [-0.25, -0.2) is 0 Å². The molecule has 0 radical (unpaired) electrons. The molecule has 3 rings (SSSR count). The molecule has 4 heteroatoms. The van der Waals surface area contributed by atoms with Crippen LogP contribution in [0.4, 0.5) is 0 Å². The first-order chi connectivity index (χ1) is 12.8. The average molecular weight is 351 g/mol. The van der Waals surface area contributed by atoms with Crippen LogP contribution in [0, 0.1) is 0 Å². The van der Waals surface area contributed by atoms with E-state index in [1.165, 1.54) is 18.4 Å². The van der Waals surface area contributed by atoms with Crippen molar-refractivity contribution in [2.24, 2.45) is 5.73 Å². The van der Waals surface area contributed by atoms with Gasteiger partial charge in [0.15, 0.2) is 0 Å². The van der Waals surface area contributed by atoms with Crippen LogP contribution in [0.1, 0.15) is 40.7 Å². The first-order valence-electron chi connectivity index (χ1n) is 9.61. The maximum absolute atomic E-state index is 13.1. The summed E-state index contributed by atoms with van der Waals surface area (Å²) in [4.78, 5) is 17.5. The van der Waals surface area contributed by atoms with Gasteiger partial charge in [0.2, 0.25) is 0 Å². The van der Waals surface area contributed by atoms with Crippen molar-refractivity contribution in [1.82, 2.24) is 9.80 Å². The second kappa shape index (κ2) is 9.51. The molecule has 1 heterocycles. The highest BCUT2D eigenvalue weighted by Gasteiger charge is 2.17. The number of hydrogen-bond acceptors (Lipinski definition) is 3. The molecule has 0 unspecified atom stereocenters. The quantitative estimate of drug-likeness (QED) is 0.794. The molecule has 2 N–H and O–H groups in total. The Labute approximate surface area is 156 Å². The Bertz CT molecular complexity index is 696. The minimum absolute atomic E-state index is 0.0885. The number of amides is 1. The van der Waals surface area contributed by atoms with Gasteiger partial charge in [0.05, 0.1) is 0 Å². The van der Waals surface area contributed by atoms with E-state index in [0.29, 0.717) is 19.6 Å². The Morgan fingerprint density at radius 2 is 1.73 bits per heavy atom. The number of carbonyl (C=O) groups is 1. The highest BCUT2D eigenvalue weighted by molar-refractivity contribution is 5.94. The van der Waals surface area contributed by atoms with E-state index in [2.05, 4.69) is 29.2 Å². The number of hydrogen-bond donors (Lipinski definition) is 1. The minimum atomic E-state index is 0.0885. The molecule has 0 bridgehead atoms. The lowest BCUT2D eigenvalue weighted by Crippen LogP contribution is -2.32. The van der Waals surface area contributed by atoms with Crippen LogP contribution in [-0.2, 0) is 13.1 Å². The molecule has 0 saturated carbocycles. The van der Waals surface area contributed by atoms with Crippen molar-refractivity contribution in [3.63, 3.8) is 0 Å². The topological polar surface area (TPSA) is 49.6 Å². The van der Waals surface area contributed by atoms with Crippen LogP contribution < -0.4 is 5.73 Å². The number of benzene rings is 2. The predicted molar refractivity (Wildman–Crippen MR) is 106 cm³/mol. The van der Waals surface area contributed by atoms with Crippen LogP contribution in [0.5, 0.6) is 0 Å². The molecule has 0 spiro atoms. The fourth-order valence-corrected chi connectivity index (χ4v) is 3.52. The number of nitrogens with zero attached hydrogens (tertiary/aromatic N) is 2. The normalized spacial score (nSPS) is 14.5. The highest BCUT2D eigenvalue weighted by Crippen LogP contribution is 2.16. The van der Waals surface area contributed by atoms with Crippen molar-refractivity contribution >= 4 is 5.91 Å². The van der Waals surface area contributed by atoms with Crippen LogP contribution >= 0.6 is 0 Å². The fourth-order valence-electron chi connectivity index (χ4n) is 3.52. The molecule has 2 aromatic carbocycles. The molecular formula is C22H29N3O. The number of rotatable bonds is 8. The number of carbonyl (C=O) groups excluding carboxylic acids is 1. The molecule has 138 valence electrons. The minimum Gasteiger partial charge on any atom is -0.334 e. The van der Waals surface area contributed by atoms with Gasteiger partial charge < -0.3 is 10.6 Å². The molecule has 0 aliphatic carbocycles. The lowest BCUT2D eigenvalue weighted by atomic mass is 10.1. The summed E-state index contributed by atoms with van der Waals surface area (Å²) >= 11 is 0. The fraction of sp³-hybridized carbons (Fsp3) is 0.409. The van der Waals surface area contributed by atoms with Crippen molar-refractivity contribution < 1.29 is 4.79 Å². The summed E-state index contributed by atoms with van der Waals surface area (Å²) in [7, 11) is 0. The Morgan fingerprint density at radius 3 is 2.46 bits per heavy atom. The molecule has 2 aromatic rings. The van der Waals surface area contributed by atoms with Gasteiger partial charge in [0.25, 0.3) is 5.91 Å². The average Bonchev–Trinajstić information content (AvgIpc) is 3.18. The first-order valence-corrected chi connectivity index (χ1v) is 9.61. The molecule has 1 aliphatic rings. The maximum Gasteiger partial charge on any atom is 0.254 e. The second-order valence-corrected chi connectivity index (χ2v) is 7.04. The van der Waals surface area contributed by atoms with Gasteiger partial charge in [0, 0.05) is 25.2 Å². The van der Waals surface area contributed by atoms with Gasteiger partial charge in [0.1, 0.15) is 0 Å². The van der Waals surface area contributed by atoms with Crippen molar-refractivity contribution in [3.8, 4) is 0 Å². The van der Waals surface area contributed by atoms with Crippen molar-refractivity contribution in [1.29, 1.82) is 0 Å². The third kappa shape index (κ3) is 5.16. The monoisotopic (exact) mass is 351 g/mol. The highest BCUT2D eigenvalue weighted by atomic mass is 16.2. The lowest BCUT2D eigenvalue weighted by Gasteiger charge is -2.23. The largest absolute Gasteiger partial charge is 0.334 e. The van der Waals surface area contributed by atoms with E-state index in [-0.39, 0.29) is 5.91 Å².